The van der Waals surface area contributed by atoms with Crippen LogP contribution in [0.25, 0.3) is 11.3 Å². The Bertz CT molecular complexity index is 981. The van der Waals surface area contributed by atoms with Crippen molar-refractivity contribution < 1.29 is 14.0 Å². The summed E-state index contributed by atoms with van der Waals surface area (Å²) >= 11 is 0. The lowest BCUT2D eigenvalue weighted by Gasteiger charge is -2.32. The molecular formula is C24H32FN5O2. The van der Waals surface area contributed by atoms with E-state index in [1.807, 2.05) is 37.7 Å². The highest BCUT2D eigenvalue weighted by Gasteiger charge is 2.36. The van der Waals surface area contributed by atoms with Crippen LogP contribution in [0.1, 0.15) is 38.8 Å². The summed E-state index contributed by atoms with van der Waals surface area (Å²) in [4.78, 5) is 28.9. The van der Waals surface area contributed by atoms with Crippen LogP contribution in [-0.2, 0) is 23.2 Å². The van der Waals surface area contributed by atoms with Gasteiger partial charge >= 0.3 is 0 Å². The molecule has 2 aromatic rings. The second kappa shape index (κ2) is 9.40. The Morgan fingerprint density at radius 1 is 1.25 bits per heavy atom. The third-order valence-electron chi connectivity index (χ3n) is 6.60. The highest BCUT2D eigenvalue weighted by Crippen LogP contribution is 2.24. The molecule has 0 radical (unpaired) electrons. The molecule has 1 aromatic carbocycles. The number of rotatable bonds is 6. The van der Waals surface area contributed by atoms with Crippen molar-refractivity contribution in [2.45, 2.75) is 51.7 Å². The van der Waals surface area contributed by atoms with Crippen molar-refractivity contribution >= 4 is 11.8 Å². The zero-order valence-electron chi connectivity index (χ0n) is 19.1. The normalized spacial score (nSPS) is 20.3. The van der Waals surface area contributed by atoms with Crippen molar-refractivity contribution in [2.24, 2.45) is 13.0 Å². The predicted octanol–water partition coefficient (Wildman–Crippen LogP) is 2.56. The minimum atomic E-state index is -0.269. The predicted molar refractivity (Wildman–Crippen MR) is 120 cm³/mol. The maximum Gasteiger partial charge on any atom is 0.225 e. The number of likely N-dealkylation sites (tertiary alicyclic amines) is 2. The number of nitrogens with one attached hydrogen (secondary N) is 1. The molecule has 172 valence electrons. The molecule has 1 N–H and O–H groups in total. The van der Waals surface area contributed by atoms with Gasteiger partial charge < -0.3 is 10.2 Å². The Kier molecular flexibility index (Phi) is 6.60. The number of piperidine rings is 1. The molecule has 0 unspecified atom stereocenters. The zero-order valence-corrected chi connectivity index (χ0v) is 19.1. The molecule has 0 saturated carbocycles. The molecule has 1 atom stereocenters. The van der Waals surface area contributed by atoms with E-state index in [0.29, 0.717) is 24.2 Å². The molecule has 2 amide bonds. The maximum absolute atomic E-state index is 14.1. The first-order valence-electron chi connectivity index (χ1n) is 11.4. The van der Waals surface area contributed by atoms with E-state index in [-0.39, 0.29) is 35.6 Å². The first-order chi connectivity index (χ1) is 15.3. The first-order valence-corrected chi connectivity index (χ1v) is 11.4. The summed E-state index contributed by atoms with van der Waals surface area (Å²) in [5.41, 5.74) is 2.19. The molecule has 0 aliphatic carbocycles. The van der Waals surface area contributed by atoms with Crippen molar-refractivity contribution in [1.82, 2.24) is 24.9 Å². The summed E-state index contributed by atoms with van der Waals surface area (Å²) in [5, 5.41) is 7.66. The average molecular weight is 442 g/mol. The van der Waals surface area contributed by atoms with Gasteiger partial charge in [0.05, 0.1) is 17.3 Å². The molecule has 0 bridgehead atoms. The van der Waals surface area contributed by atoms with Crippen LogP contribution in [0.5, 0.6) is 0 Å². The molecule has 2 saturated heterocycles. The van der Waals surface area contributed by atoms with Crippen molar-refractivity contribution in [3.05, 3.63) is 41.8 Å². The van der Waals surface area contributed by atoms with E-state index in [0.717, 1.165) is 38.2 Å². The van der Waals surface area contributed by atoms with Gasteiger partial charge in [-0.15, -0.1) is 0 Å². The number of hydrogen-bond acceptors (Lipinski definition) is 4. The van der Waals surface area contributed by atoms with Crippen LogP contribution >= 0.6 is 0 Å². The van der Waals surface area contributed by atoms with Crippen LogP contribution in [0.2, 0.25) is 0 Å². The summed E-state index contributed by atoms with van der Waals surface area (Å²) in [5.74, 6) is -0.439. The Balaban J connectivity index is 1.28. The maximum atomic E-state index is 14.1. The van der Waals surface area contributed by atoms with Gasteiger partial charge in [-0.25, -0.2) is 4.39 Å². The molecule has 7 nitrogen and oxygen atoms in total. The largest absolute Gasteiger partial charge is 0.353 e. The monoisotopic (exact) mass is 441 g/mol. The Morgan fingerprint density at radius 2 is 1.97 bits per heavy atom. The average Bonchev–Trinajstić information content (AvgIpc) is 3.32. The Labute approximate surface area is 188 Å². The van der Waals surface area contributed by atoms with Gasteiger partial charge in [0.15, 0.2) is 0 Å². The standard InChI is InChI=1S/C24H32FN5O2/c1-16(2)30-14-17(12-23(30)31)24(32)26-18-8-10-29(11-9-18)15-19-13-22(27-28(19)3)20-6-4-5-7-21(20)25/h4-7,13,16-18H,8-12,14-15H2,1-3H3,(H,26,32)/t17-/m1/s1. The number of carbonyl (C=O) groups excluding carboxylic acids is 2. The van der Waals surface area contributed by atoms with Crippen LogP contribution in [-0.4, -0.2) is 63.1 Å². The minimum Gasteiger partial charge on any atom is -0.353 e. The number of aromatic nitrogens is 2. The van der Waals surface area contributed by atoms with E-state index in [9.17, 15) is 14.0 Å². The number of nitrogens with zero attached hydrogens (tertiary/aromatic N) is 4. The Hall–Kier alpha value is -2.74. The second-order valence-electron chi connectivity index (χ2n) is 9.22. The van der Waals surface area contributed by atoms with E-state index >= 15 is 0 Å². The molecule has 8 heteroatoms. The fourth-order valence-corrected chi connectivity index (χ4v) is 4.64. The van der Waals surface area contributed by atoms with Gasteiger partial charge in [-0.3, -0.25) is 19.2 Å². The lowest BCUT2D eigenvalue weighted by Crippen LogP contribution is -2.46. The molecule has 2 aliphatic heterocycles. The summed E-state index contributed by atoms with van der Waals surface area (Å²) in [6.07, 6.45) is 2.06. The van der Waals surface area contributed by atoms with Gasteiger partial charge in [0.25, 0.3) is 0 Å². The molecular weight excluding hydrogens is 409 g/mol. The van der Waals surface area contributed by atoms with Crippen LogP contribution in [0.4, 0.5) is 4.39 Å². The van der Waals surface area contributed by atoms with Crippen molar-refractivity contribution in [2.75, 3.05) is 19.6 Å². The van der Waals surface area contributed by atoms with E-state index in [1.165, 1.54) is 6.07 Å². The third-order valence-corrected chi connectivity index (χ3v) is 6.60. The van der Waals surface area contributed by atoms with E-state index in [1.54, 1.807) is 17.0 Å². The number of hydrogen-bond donors (Lipinski definition) is 1. The second-order valence-corrected chi connectivity index (χ2v) is 9.22. The number of amides is 2. The number of benzene rings is 1. The van der Waals surface area contributed by atoms with Crippen LogP contribution in [0, 0.1) is 11.7 Å². The number of carbonyl (C=O) groups is 2. The van der Waals surface area contributed by atoms with E-state index in [4.69, 9.17) is 0 Å². The Morgan fingerprint density at radius 3 is 2.62 bits per heavy atom. The fraction of sp³-hybridized carbons (Fsp3) is 0.542. The molecule has 2 aliphatic rings. The van der Waals surface area contributed by atoms with Crippen molar-refractivity contribution in [3.8, 4) is 11.3 Å². The zero-order chi connectivity index (χ0) is 22.8. The smallest absolute Gasteiger partial charge is 0.225 e. The third kappa shape index (κ3) is 4.85. The molecule has 1 aromatic heterocycles. The molecule has 0 spiro atoms. The lowest BCUT2D eigenvalue weighted by atomic mass is 10.0. The van der Waals surface area contributed by atoms with Crippen LogP contribution < -0.4 is 5.32 Å². The highest BCUT2D eigenvalue weighted by atomic mass is 19.1. The van der Waals surface area contributed by atoms with Gasteiger partial charge in [0.1, 0.15) is 5.82 Å². The summed E-state index contributed by atoms with van der Waals surface area (Å²) in [7, 11) is 1.88. The van der Waals surface area contributed by atoms with Crippen molar-refractivity contribution in [3.63, 3.8) is 0 Å². The lowest BCUT2D eigenvalue weighted by molar-refractivity contribution is -0.130. The summed E-state index contributed by atoms with van der Waals surface area (Å²) in [6, 6.07) is 8.91. The summed E-state index contributed by atoms with van der Waals surface area (Å²) < 4.78 is 15.9. The van der Waals surface area contributed by atoms with Gasteiger partial charge in [0.2, 0.25) is 11.8 Å². The summed E-state index contributed by atoms with van der Waals surface area (Å²) in [6.45, 7) is 6.95. The highest BCUT2D eigenvalue weighted by molar-refractivity contribution is 5.89. The van der Waals surface area contributed by atoms with Gasteiger partial charge in [0, 0.05) is 57.3 Å². The van der Waals surface area contributed by atoms with E-state index in [2.05, 4.69) is 15.3 Å². The van der Waals surface area contributed by atoms with E-state index < -0.39 is 0 Å². The SMILES string of the molecule is CC(C)N1C[C@H](C(=O)NC2CCN(Cc3cc(-c4ccccc4F)nn3C)CC2)CC1=O. The quantitative estimate of drug-likeness (QED) is 0.748. The number of halogens is 1. The van der Waals surface area contributed by atoms with Gasteiger partial charge in [-0.2, -0.15) is 5.10 Å². The topological polar surface area (TPSA) is 70.5 Å². The van der Waals surface area contributed by atoms with Gasteiger partial charge in [-0.05, 0) is 44.9 Å². The molecule has 32 heavy (non-hydrogen) atoms. The van der Waals surface area contributed by atoms with Crippen LogP contribution in [0.15, 0.2) is 30.3 Å². The number of aryl methyl sites for hydroxylation is 1. The minimum absolute atomic E-state index is 0.00103. The molecule has 4 rings (SSSR count). The molecule has 2 fully saturated rings. The van der Waals surface area contributed by atoms with Gasteiger partial charge in [-0.1, -0.05) is 12.1 Å². The first kappa shape index (κ1) is 22.5. The fourth-order valence-electron chi connectivity index (χ4n) is 4.64. The molecule has 3 heterocycles. The van der Waals surface area contributed by atoms with Crippen molar-refractivity contribution in [1.29, 1.82) is 0 Å². The van der Waals surface area contributed by atoms with Crippen LogP contribution in [0.3, 0.4) is 0 Å².